The smallest absolute Gasteiger partial charge is 0.130 e. The van der Waals surface area contributed by atoms with Crippen molar-refractivity contribution in [3.05, 3.63) is 30.1 Å². The van der Waals surface area contributed by atoms with Gasteiger partial charge in [-0.1, -0.05) is 6.42 Å². The normalized spacial score (nSPS) is 16.7. The Bertz CT molecular complexity index is 281. The van der Waals surface area contributed by atoms with Gasteiger partial charge in [-0.25, -0.2) is 4.39 Å². The molecule has 0 aromatic heterocycles. The third-order valence-corrected chi connectivity index (χ3v) is 2.44. The summed E-state index contributed by atoms with van der Waals surface area (Å²) in [5.74, 6) is 0.936. The highest BCUT2D eigenvalue weighted by atomic mass is 19.1. The maximum Gasteiger partial charge on any atom is 0.130 e. The monoisotopic (exact) mass is 179 g/mol. The van der Waals surface area contributed by atoms with Crippen LogP contribution in [-0.2, 0) is 0 Å². The molecule has 69 valence electrons. The van der Waals surface area contributed by atoms with Gasteiger partial charge >= 0.3 is 0 Å². The van der Waals surface area contributed by atoms with Gasteiger partial charge in [0, 0.05) is 12.1 Å². The van der Waals surface area contributed by atoms with Crippen LogP contribution in [0.2, 0.25) is 0 Å². The summed E-state index contributed by atoms with van der Waals surface area (Å²) in [7, 11) is 0. The molecule has 0 N–H and O–H groups in total. The second kappa shape index (κ2) is 3.77. The zero-order valence-electron chi connectivity index (χ0n) is 7.42. The highest BCUT2D eigenvalue weighted by Gasteiger charge is 2.17. The fourth-order valence-electron chi connectivity index (χ4n) is 1.37. The van der Waals surface area contributed by atoms with Gasteiger partial charge in [-0.3, -0.25) is 0 Å². The van der Waals surface area contributed by atoms with Crippen LogP contribution in [-0.4, -0.2) is 6.61 Å². The van der Waals surface area contributed by atoms with Crippen molar-refractivity contribution >= 4 is 0 Å². The van der Waals surface area contributed by atoms with Gasteiger partial charge in [0.2, 0.25) is 0 Å². The average molecular weight is 179 g/mol. The van der Waals surface area contributed by atoms with Crippen molar-refractivity contribution in [1.82, 2.24) is 0 Å². The first kappa shape index (κ1) is 8.54. The summed E-state index contributed by atoms with van der Waals surface area (Å²) in [4.78, 5) is 0. The molecule has 2 heteroatoms. The minimum Gasteiger partial charge on any atom is -0.493 e. The van der Waals surface area contributed by atoms with Crippen LogP contribution in [0.3, 0.4) is 0 Å². The molecule has 0 heterocycles. The first-order valence-corrected chi connectivity index (χ1v) is 4.64. The Morgan fingerprint density at radius 3 is 3.00 bits per heavy atom. The summed E-state index contributed by atoms with van der Waals surface area (Å²) >= 11 is 0. The maximum atomic E-state index is 12.7. The van der Waals surface area contributed by atoms with Gasteiger partial charge < -0.3 is 4.74 Å². The lowest BCUT2D eigenvalue weighted by molar-refractivity contribution is 0.180. The predicted molar refractivity (Wildman–Crippen MR) is 48.1 cm³/mol. The minimum atomic E-state index is -0.262. The lowest BCUT2D eigenvalue weighted by Crippen LogP contribution is -2.19. The molecule has 0 amide bonds. The summed E-state index contributed by atoms with van der Waals surface area (Å²) < 4.78 is 18.1. The Hall–Kier alpha value is -1.05. The highest BCUT2D eigenvalue weighted by Crippen LogP contribution is 2.26. The predicted octanol–water partition coefficient (Wildman–Crippen LogP) is 2.80. The maximum absolute atomic E-state index is 12.7. The van der Waals surface area contributed by atoms with Crippen LogP contribution < -0.4 is 4.74 Å². The van der Waals surface area contributed by atoms with Crippen LogP contribution in [0.25, 0.3) is 0 Å². The van der Waals surface area contributed by atoms with Crippen LogP contribution in [0.1, 0.15) is 19.3 Å². The summed E-state index contributed by atoms with van der Waals surface area (Å²) in [6.07, 6.45) is 3.80. The van der Waals surface area contributed by atoms with E-state index in [1.807, 2.05) is 0 Å². The summed E-state index contributed by atoms with van der Waals surface area (Å²) in [6, 6.07) is 7.14. The zero-order chi connectivity index (χ0) is 9.10. The molecule has 1 aliphatic carbocycles. The van der Waals surface area contributed by atoms with Crippen molar-refractivity contribution in [1.29, 1.82) is 0 Å². The van der Waals surface area contributed by atoms with E-state index < -0.39 is 0 Å². The van der Waals surface area contributed by atoms with Crippen molar-refractivity contribution in [2.45, 2.75) is 19.3 Å². The number of benzene rings is 1. The van der Waals surface area contributed by atoms with Crippen molar-refractivity contribution in [3.63, 3.8) is 0 Å². The number of halogens is 1. The number of hydrogen-bond donors (Lipinski definition) is 0. The molecule has 1 fully saturated rings. The fourth-order valence-corrected chi connectivity index (χ4v) is 1.37. The van der Waals surface area contributed by atoms with Gasteiger partial charge in [0.15, 0.2) is 0 Å². The summed E-state index contributed by atoms with van der Waals surface area (Å²) in [6.45, 7) is 0.708. The van der Waals surface area contributed by atoms with Crippen molar-refractivity contribution < 1.29 is 9.13 Å². The van der Waals surface area contributed by atoms with Crippen molar-refractivity contribution in [2.75, 3.05) is 6.61 Å². The van der Waals surface area contributed by atoms with Crippen LogP contribution in [0.5, 0.6) is 5.75 Å². The zero-order valence-corrected chi connectivity index (χ0v) is 7.42. The first-order chi connectivity index (χ1) is 6.34. The Labute approximate surface area is 77.5 Å². The molecular weight excluding hydrogens is 167 g/mol. The van der Waals surface area contributed by atoms with Gasteiger partial charge in [-0.15, -0.1) is 0 Å². The second-order valence-electron chi connectivity index (χ2n) is 3.48. The summed E-state index contributed by atoms with van der Waals surface area (Å²) in [5, 5.41) is 0. The van der Waals surface area contributed by atoms with Crippen LogP contribution in [0.15, 0.2) is 18.2 Å². The highest BCUT2D eigenvalue weighted by molar-refractivity contribution is 5.20. The lowest BCUT2D eigenvalue weighted by Gasteiger charge is -2.24. The van der Waals surface area contributed by atoms with E-state index in [0.717, 1.165) is 0 Å². The molecular formula is C11H12FO. The molecule has 1 radical (unpaired) electrons. The number of rotatable bonds is 3. The molecule has 0 saturated heterocycles. The van der Waals surface area contributed by atoms with Gasteiger partial charge in [0.1, 0.15) is 11.6 Å². The van der Waals surface area contributed by atoms with E-state index in [1.54, 1.807) is 6.07 Å². The third-order valence-electron chi connectivity index (χ3n) is 2.44. The van der Waals surface area contributed by atoms with E-state index in [1.165, 1.54) is 31.4 Å². The molecule has 13 heavy (non-hydrogen) atoms. The fraction of sp³-hybridized carbons (Fsp3) is 0.455. The number of hydrogen-bond acceptors (Lipinski definition) is 1. The molecule has 0 bridgehead atoms. The minimum absolute atomic E-state index is 0.262. The molecule has 0 atom stereocenters. The van der Waals surface area contributed by atoms with E-state index >= 15 is 0 Å². The van der Waals surface area contributed by atoms with Gasteiger partial charge in [-0.2, -0.15) is 0 Å². The quantitative estimate of drug-likeness (QED) is 0.693. The molecule has 1 saturated carbocycles. The standard InChI is InChI=1S/C11H12FO/c12-10-5-2-6-11(7-10)13-8-9-3-1-4-9/h2,5,7,9H,1,3-4,8H2. The Kier molecular flexibility index (Phi) is 2.48. The van der Waals surface area contributed by atoms with E-state index in [0.29, 0.717) is 18.3 Å². The van der Waals surface area contributed by atoms with Crippen LogP contribution >= 0.6 is 0 Å². The van der Waals surface area contributed by atoms with E-state index in [4.69, 9.17) is 4.74 Å². The van der Waals surface area contributed by atoms with E-state index in [9.17, 15) is 4.39 Å². The van der Waals surface area contributed by atoms with Gasteiger partial charge in [0.05, 0.1) is 6.61 Å². The van der Waals surface area contributed by atoms with E-state index in [2.05, 4.69) is 6.07 Å². The Morgan fingerprint density at radius 2 is 2.38 bits per heavy atom. The second-order valence-corrected chi connectivity index (χ2v) is 3.48. The topological polar surface area (TPSA) is 9.23 Å². The Balaban J connectivity index is 1.86. The molecule has 0 spiro atoms. The average Bonchev–Trinajstić information content (AvgIpc) is 2.01. The molecule has 1 aliphatic rings. The molecule has 0 unspecified atom stereocenters. The molecule has 1 aromatic carbocycles. The molecule has 2 rings (SSSR count). The largest absolute Gasteiger partial charge is 0.493 e. The summed E-state index contributed by atoms with van der Waals surface area (Å²) in [5.41, 5.74) is 0. The molecule has 1 aromatic rings. The van der Waals surface area contributed by atoms with E-state index in [-0.39, 0.29) is 5.82 Å². The number of ether oxygens (including phenoxy) is 1. The lowest BCUT2D eigenvalue weighted by atomic mass is 9.86. The van der Waals surface area contributed by atoms with Crippen LogP contribution in [0.4, 0.5) is 4.39 Å². The van der Waals surface area contributed by atoms with Crippen molar-refractivity contribution in [3.8, 4) is 5.75 Å². The molecule has 0 aliphatic heterocycles. The molecule has 1 nitrogen and oxygen atoms in total. The van der Waals surface area contributed by atoms with Crippen molar-refractivity contribution in [2.24, 2.45) is 5.92 Å². The third kappa shape index (κ3) is 2.20. The van der Waals surface area contributed by atoms with Gasteiger partial charge in [0.25, 0.3) is 0 Å². The SMILES string of the molecule is Fc1cc[c]c(OCC2CCC2)c1. The first-order valence-electron chi connectivity index (χ1n) is 4.64. The Morgan fingerprint density at radius 1 is 1.54 bits per heavy atom. The van der Waals surface area contributed by atoms with Crippen LogP contribution in [0, 0.1) is 17.8 Å². The van der Waals surface area contributed by atoms with Gasteiger partial charge in [-0.05, 0) is 30.9 Å².